The predicted octanol–water partition coefficient (Wildman–Crippen LogP) is 3.30. The first-order valence-electron chi connectivity index (χ1n) is 6.34. The Morgan fingerprint density at radius 3 is 2.36 bits per heavy atom. The molecule has 1 fully saturated rings. The van der Waals surface area contributed by atoms with E-state index in [2.05, 4.69) is 0 Å². The number of carbonyl (C=O) groups is 1. The highest BCUT2D eigenvalue weighted by Crippen LogP contribution is 2.43. The summed E-state index contributed by atoms with van der Waals surface area (Å²) in [5.41, 5.74) is -2.80. The Bertz CT molecular complexity index is 612. The van der Waals surface area contributed by atoms with Crippen molar-refractivity contribution < 1.29 is 28.0 Å². The molecule has 1 aromatic carbocycles. The zero-order valence-corrected chi connectivity index (χ0v) is 11.2. The van der Waals surface area contributed by atoms with E-state index in [4.69, 9.17) is 5.11 Å². The second-order valence-electron chi connectivity index (χ2n) is 4.77. The molecule has 0 bridgehead atoms. The van der Waals surface area contributed by atoms with Gasteiger partial charge in [-0.15, -0.1) is 0 Å². The van der Waals surface area contributed by atoms with Crippen molar-refractivity contribution in [1.82, 2.24) is 0 Å². The zero-order valence-electron chi connectivity index (χ0n) is 11.2. The molecule has 10 heteroatoms. The van der Waals surface area contributed by atoms with Crippen molar-refractivity contribution in [2.45, 2.75) is 19.0 Å². The van der Waals surface area contributed by atoms with Gasteiger partial charge in [0, 0.05) is 19.2 Å². The maximum atomic E-state index is 13.2. The number of hydrogen-bond donors (Lipinski definition) is 2. The zero-order chi connectivity index (χ0) is 16.5. The van der Waals surface area contributed by atoms with Gasteiger partial charge in [-0.25, -0.2) is 4.79 Å². The third kappa shape index (κ3) is 3.21. The first kappa shape index (κ1) is 15.9. The highest BCUT2D eigenvalue weighted by atomic mass is 19.4. The van der Waals surface area contributed by atoms with E-state index in [9.17, 15) is 28.1 Å². The molecule has 0 aromatic heterocycles. The van der Waals surface area contributed by atoms with Gasteiger partial charge in [-0.2, -0.15) is 13.2 Å². The topological polar surface area (TPSA) is 95.7 Å². The number of nitro benzene ring substituents is 1. The molecular formula is C12H12F3N3O4. The molecule has 1 aliphatic rings. The van der Waals surface area contributed by atoms with Crippen LogP contribution in [-0.4, -0.2) is 29.2 Å². The molecule has 22 heavy (non-hydrogen) atoms. The van der Waals surface area contributed by atoms with Crippen LogP contribution in [0.1, 0.15) is 18.4 Å². The smallest absolute Gasteiger partial charge is 0.418 e. The molecule has 7 nitrogen and oxygen atoms in total. The minimum atomic E-state index is -4.77. The van der Waals surface area contributed by atoms with Gasteiger partial charge in [0.1, 0.15) is 5.69 Å². The highest BCUT2D eigenvalue weighted by Gasteiger charge is 2.38. The number of hydrogen-bond acceptors (Lipinski definition) is 4. The molecule has 0 radical (unpaired) electrons. The van der Waals surface area contributed by atoms with Crippen LogP contribution in [0.3, 0.4) is 0 Å². The molecule has 0 aliphatic carbocycles. The van der Waals surface area contributed by atoms with Gasteiger partial charge in [0.2, 0.25) is 0 Å². The molecule has 0 spiro atoms. The summed E-state index contributed by atoms with van der Waals surface area (Å²) in [5.74, 6) is 0. The Kier molecular flexibility index (Phi) is 4.11. The van der Waals surface area contributed by atoms with Crippen molar-refractivity contribution in [3.8, 4) is 0 Å². The van der Waals surface area contributed by atoms with Crippen LogP contribution >= 0.6 is 0 Å². The fourth-order valence-corrected chi connectivity index (χ4v) is 2.39. The third-order valence-electron chi connectivity index (χ3n) is 3.30. The van der Waals surface area contributed by atoms with Gasteiger partial charge in [-0.1, -0.05) is 0 Å². The Morgan fingerprint density at radius 1 is 1.32 bits per heavy atom. The average Bonchev–Trinajstić information content (AvgIpc) is 2.89. The maximum Gasteiger partial charge on any atom is 0.418 e. The van der Waals surface area contributed by atoms with Gasteiger partial charge in [0.15, 0.2) is 0 Å². The summed E-state index contributed by atoms with van der Waals surface area (Å²) in [6.07, 6.45) is -4.95. The second kappa shape index (κ2) is 5.70. The van der Waals surface area contributed by atoms with E-state index < -0.39 is 34.1 Å². The van der Waals surface area contributed by atoms with Crippen molar-refractivity contribution in [2.24, 2.45) is 0 Å². The Hall–Kier alpha value is -2.52. The van der Waals surface area contributed by atoms with Crippen LogP contribution in [0.2, 0.25) is 0 Å². The first-order chi connectivity index (χ1) is 10.2. The third-order valence-corrected chi connectivity index (χ3v) is 3.30. The number of nitro groups is 1. The summed E-state index contributed by atoms with van der Waals surface area (Å²) in [4.78, 5) is 22.0. The van der Waals surface area contributed by atoms with Crippen molar-refractivity contribution in [1.29, 1.82) is 0 Å². The molecule has 0 atom stereocenters. The normalized spacial score (nSPS) is 15.0. The number of alkyl halides is 3. The van der Waals surface area contributed by atoms with Crippen molar-refractivity contribution >= 4 is 23.2 Å². The van der Waals surface area contributed by atoms with Gasteiger partial charge >= 0.3 is 12.3 Å². The maximum absolute atomic E-state index is 13.2. The second-order valence-corrected chi connectivity index (χ2v) is 4.77. The fourth-order valence-electron chi connectivity index (χ4n) is 2.39. The van der Waals surface area contributed by atoms with E-state index in [0.29, 0.717) is 32.0 Å². The Morgan fingerprint density at radius 2 is 1.91 bits per heavy atom. The summed E-state index contributed by atoms with van der Waals surface area (Å²) in [5, 5.41) is 21.4. The fraction of sp³-hybridized carbons (Fsp3) is 0.417. The molecule has 0 saturated carbocycles. The predicted molar refractivity (Wildman–Crippen MR) is 71.2 cm³/mol. The summed E-state index contributed by atoms with van der Waals surface area (Å²) in [6.45, 7) is 0.765. The summed E-state index contributed by atoms with van der Waals surface area (Å²) in [6, 6.07) is 1.25. The molecule has 1 aliphatic heterocycles. The summed E-state index contributed by atoms with van der Waals surface area (Å²) >= 11 is 0. The number of carboxylic acid groups (broad SMARTS) is 1. The molecule has 1 saturated heterocycles. The van der Waals surface area contributed by atoms with Crippen LogP contribution < -0.4 is 10.2 Å². The molecule has 1 aromatic rings. The minimum Gasteiger partial charge on any atom is -0.465 e. The number of anilines is 2. The van der Waals surface area contributed by atoms with E-state index in [1.807, 2.05) is 0 Å². The standard InChI is InChI=1S/C12H12F3N3O4/c13-12(14,15)7-5-10(18(21)22)8(16-11(19)20)6-9(7)17-3-1-2-4-17/h5-6,16H,1-4H2,(H,19,20). The Balaban J connectivity index is 2.62. The molecule has 1 heterocycles. The van der Waals surface area contributed by atoms with E-state index in [-0.39, 0.29) is 5.69 Å². The van der Waals surface area contributed by atoms with Crippen LogP contribution in [0, 0.1) is 10.1 Å². The van der Waals surface area contributed by atoms with Gasteiger partial charge in [0.05, 0.1) is 16.2 Å². The number of amides is 1. The van der Waals surface area contributed by atoms with E-state index in [0.717, 1.165) is 6.07 Å². The lowest BCUT2D eigenvalue weighted by Gasteiger charge is -2.23. The number of halogens is 3. The van der Waals surface area contributed by atoms with Crippen LogP contribution in [0.4, 0.5) is 35.0 Å². The molecule has 2 rings (SSSR count). The lowest BCUT2D eigenvalue weighted by molar-refractivity contribution is -0.384. The van der Waals surface area contributed by atoms with E-state index in [1.165, 1.54) is 4.90 Å². The van der Waals surface area contributed by atoms with E-state index >= 15 is 0 Å². The lowest BCUT2D eigenvalue weighted by atomic mass is 10.1. The molecule has 0 unspecified atom stereocenters. The van der Waals surface area contributed by atoms with Crippen molar-refractivity contribution in [2.75, 3.05) is 23.3 Å². The number of nitrogens with zero attached hydrogens (tertiary/aromatic N) is 2. The largest absolute Gasteiger partial charge is 0.465 e. The van der Waals surface area contributed by atoms with Crippen molar-refractivity contribution in [3.63, 3.8) is 0 Å². The SMILES string of the molecule is O=C(O)Nc1cc(N2CCCC2)c(C(F)(F)F)cc1[N+](=O)[O-]. The molecule has 2 N–H and O–H groups in total. The van der Waals surface area contributed by atoms with Gasteiger partial charge < -0.3 is 10.0 Å². The Labute approximate surface area is 122 Å². The number of benzene rings is 1. The lowest BCUT2D eigenvalue weighted by Crippen LogP contribution is -2.23. The quantitative estimate of drug-likeness (QED) is 0.658. The molecule has 1 amide bonds. The molecular weight excluding hydrogens is 307 g/mol. The van der Waals surface area contributed by atoms with Gasteiger partial charge in [-0.3, -0.25) is 15.4 Å². The number of rotatable bonds is 3. The number of nitrogens with one attached hydrogen (secondary N) is 1. The molecule has 120 valence electrons. The first-order valence-corrected chi connectivity index (χ1v) is 6.34. The summed E-state index contributed by atoms with van der Waals surface area (Å²) < 4.78 is 39.5. The van der Waals surface area contributed by atoms with E-state index in [1.54, 1.807) is 5.32 Å². The highest BCUT2D eigenvalue weighted by molar-refractivity contribution is 5.88. The van der Waals surface area contributed by atoms with Crippen LogP contribution in [0.25, 0.3) is 0 Å². The summed E-state index contributed by atoms with van der Waals surface area (Å²) in [7, 11) is 0. The monoisotopic (exact) mass is 319 g/mol. The van der Waals surface area contributed by atoms with Crippen LogP contribution in [-0.2, 0) is 6.18 Å². The van der Waals surface area contributed by atoms with Crippen LogP contribution in [0.15, 0.2) is 12.1 Å². The minimum absolute atomic E-state index is 0.251. The van der Waals surface area contributed by atoms with Crippen LogP contribution in [0.5, 0.6) is 0 Å². The van der Waals surface area contributed by atoms with Gasteiger partial charge in [0.25, 0.3) is 5.69 Å². The average molecular weight is 319 g/mol. The van der Waals surface area contributed by atoms with Gasteiger partial charge in [-0.05, 0) is 18.9 Å². The van der Waals surface area contributed by atoms with Crippen molar-refractivity contribution in [3.05, 3.63) is 27.8 Å².